The zero-order valence-corrected chi connectivity index (χ0v) is 23.9. The van der Waals surface area contributed by atoms with E-state index in [1.54, 1.807) is 35.2 Å². The number of carbonyl (C=O) groups excluding carboxylic acids is 4. The lowest BCUT2D eigenvalue weighted by Crippen LogP contribution is -2.56. The number of carbonyl (C=O) groups is 4. The summed E-state index contributed by atoms with van der Waals surface area (Å²) in [7, 11) is 0. The lowest BCUT2D eigenvalue weighted by atomic mass is 9.74. The van der Waals surface area contributed by atoms with Crippen molar-refractivity contribution in [1.29, 1.82) is 0 Å². The summed E-state index contributed by atoms with van der Waals surface area (Å²) in [5.74, 6) is -2.46. The summed E-state index contributed by atoms with van der Waals surface area (Å²) in [5, 5.41) is 18.0. The van der Waals surface area contributed by atoms with Crippen molar-refractivity contribution in [2.24, 2.45) is 0 Å². The molecule has 3 heterocycles. The van der Waals surface area contributed by atoms with Gasteiger partial charge in [-0.3, -0.25) is 19.2 Å². The fourth-order valence-corrected chi connectivity index (χ4v) is 6.06. The molecule has 230 valence electrons. The summed E-state index contributed by atoms with van der Waals surface area (Å²) in [6.07, 6.45) is 2.01. The maximum absolute atomic E-state index is 14.2. The van der Waals surface area contributed by atoms with E-state index in [1.807, 2.05) is 6.07 Å². The lowest BCUT2D eigenvalue weighted by molar-refractivity contribution is -0.139. The normalized spacial score (nSPS) is 24.5. The van der Waals surface area contributed by atoms with Gasteiger partial charge in [-0.1, -0.05) is 24.3 Å². The van der Waals surface area contributed by atoms with Crippen LogP contribution in [0.4, 0.5) is 4.39 Å². The molecule has 0 radical (unpaired) electrons. The van der Waals surface area contributed by atoms with E-state index in [0.717, 1.165) is 12.0 Å². The lowest BCUT2D eigenvalue weighted by Gasteiger charge is -2.38. The molecule has 2 saturated heterocycles. The van der Waals surface area contributed by atoms with Gasteiger partial charge in [0, 0.05) is 31.7 Å². The summed E-state index contributed by atoms with van der Waals surface area (Å²) in [4.78, 5) is 55.1. The van der Waals surface area contributed by atoms with E-state index >= 15 is 0 Å². The van der Waals surface area contributed by atoms with Gasteiger partial charge in [0.15, 0.2) is 0 Å². The second kappa shape index (κ2) is 13.5. The molecule has 4 N–H and O–H groups in total. The van der Waals surface area contributed by atoms with Crippen LogP contribution in [0.15, 0.2) is 48.5 Å². The van der Waals surface area contributed by atoms with Crippen LogP contribution in [0, 0.1) is 5.82 Å². The molecule has 5 rings (SSSR count). The Balaban J connectivity index is 1.40. The molecule has 0 saturated carbocycles. The molecule has 12 heteroatoms. The van der Waals surface area contributed by atoms with Crippen LogP contribution < -0.4 is 20.7 Å². The number of nitrogens with one attached hydrogen (secondary N) is 3. The third-order valence-corrected chi connectivity index (χ3v) is 8.54. The first-order valence-electron chi connectivity index (χ1n) is 14.6. The zero-order chi connectivity index (χ0) is 30.4. The van der Waals surface area contributed by atoms with Crippen LogP contribution >= 0.6 is 0 Å². The third kappa shape index (κ3) is 6.97. The fourth-order valence-electron chi connectivity index (χ4n) is 6.06. The summed E-state index contributed by atoms with van der Waals surface area (Å²) >= 11 is 0. The molecule has 0 aliphatic carbocycles. The largest absolute Gasteiger partial charge is 0.491 e. The monoisotopic (exact) mass is 596 g/mol. The van der Waals surface area contributed by atoms with Gasteiger partial charge in [0.2, 0.25) is 17.7 Å². The SMILES string of the molecule is O=C1C[C@@H](C(=O)NCC2(c3cccc(F)c3)CCOCC2)NC(=O)c2ccccc2OC[C@H]2CCCN2C(=O)[C@H](CO)N1. The Bertz CT molecular complexity index is 1350. The number of hydrogen-bond donors (Lipinski definition) is 4. The van der Waals surface area contributed by atoms with E-state index < -0.39 is 60.0 Å². The number of ether oxygens (including phenoxy) is 2. The summed E-state index contributed by atoms with van der Waals surface area (Å²) < 4.78 is 25.7. The highest BCUT2D eigenvalue weighted by atomic mass is 19.1. The Morgan fingerprint density at radius 1 is 1.09 bits per heavy atom. The van der Waals surface area contributed by atoms with Crippen molar-refractivity contribution in [3.63, 3.8) is 0 Å². The molecular weight excluding hydrogens is 559 g/mol. The highest BCUT2D eigenvalue weighted by Crippen LogP contribution is 2.34. The number of aliphatic hydroxyl groups excluding tert-OH is 1. The van der Waals surface area contributed by atoms with E-state index in [-0.39, 0.29) is 30.5 Å². The van der Waals surface area contributed by atoms with Gasteiger partial charge in [0.25, 0.3) is 5.91 Å². The number of rotatable bonds is 5. The molecule has 2 aromatic rings. The van der Waals surface area contributed by atoms with Crippen LogP contribution in [-0.4, -0.2) is 91.3 Å². The number of halogens is 1. The highest BCUT2D eigenvalue weighted by Gasteiger charge is 2.38. The van der Waals surface area contributed by atoms with Crippen LogP contribution in [0.1, 0.15) is 48.0 Å². The number of aliphatic hydroxyl groups is 1. The van der Waals surface area contributed by atoms with Gasteiger partial charge >= 0.3 is 0 Å². The molecule has 0 bridgehead atoms. The minimum absolute atomic E-state index is 0.123. The predicted octanol–water partition coefficient (Wildman–Crippen LogP) is 1.04. The molecule has 11 nitrogen and oxygen atoms in total. The van der Waals surface area contributed by atoms with E-state index in [0.29, 0.717) is 39.0 Å². The third-order valence-electron chi connectivity index (χ3n) is 8.54. The summed E-state index contributed by atoms with van der Waals surface area (Å²) in [6.45, 7) is 0.933. The van der Waals surface area contributed by atoms with E-state index in [1.165, 1.54) is 12.1 Å². The van der Waals surface area contributed by atoms with Gasteiger partial charge < -0.3 is 35.4 Å². The molecule has 3 atom stereocenters. The van der Waals surface area contributed by atoms with Crippen LogP contribution in [0.2, 0.25) is 0 Å². The standard InChI is InChI=1S/C31H37FN4O7/c32-21-6-3-5-20(15-21)31(10-13-42-14-11-31)19-33-29(40)24-16-27(38)34-25(17-37)30(41)36-12-4-7-22(36)18-43-26-9-2-1-8-23(26)28(39)35-24/h1-3,5-6,8-9,15,22,24-25,37H,4,7,10-14,16-19H2,(H,33,40)(H,34,38)(H,35,39)/t22-,24+,25+/m1/s1. The minimum Gasteiger partial charge on any atom is -0.491 e. The summed E-state index contributed by atoms with van der Waals surface area (Å²) in [5.41, 5.74) is 0.298. The molecular formula is C31H37FN4O7. The molecule has 2 fully saturated rings. The summed E-state index contributed by atoms with van der Waals surface area (Å²) in [6, 6.07) is 10.00. The Morgan fingerprint density at radius 3 is 2.65 bits per heavy atom. The van der Waals surface area contributed by atoms with Crippen LogP contribution in [0.25, 0.3) is 0 Å². The van der Waals surface area contributed by atoms with Crippen LogP contribution in [0.3, 0.4) is 0 Å². The average Bonchev–Trinajstić information content (AvgIpc) is 3.49. The Labute approximate surface area is 249 Å². The minimum atomic E-state index is -1.32. The predicted molar refractivity (Wildman–Crippen MR) is 153 cm³/mol. The first kappa shape index (κ1) is 30.4. The van der Waals surface area contributed by atoms with Crippen molar-refractivity contribution in [3.8, 4) is 5.75 Å². The van der Waals surface area contributed by atoms with Gasteiger partial charge in [0.1, 0.15) is 30.3 Å². The van der Waals surface area contributed by atoms with Crippen molar-refractivity contribution in [2.45, 2.75) is 55.6 Å². The Morgan fingerprint density at radius 2 is 1.88 bits per heavy atom. The van der Waals surface area contributed by atoms with Gasteiger partial charge in [-0.05, 0) is 55.5 Å². The molecule has 0 unspecified atom stereocenters. The number of nitrogens with zero attached hydrogens (tertiary/aromatic N) is 1. The second-order valence-corrected chi connectivity index (χ2v) is 11.3. The average molecular weight is 597 g/mol. The fraction of sp³-hybridized carbons (Fsp3) is 0.484. The smallest absolute Gasteiger partial charge is 0.255 e. The quantitative estimate of drug-likeness (QED) is 0.404. The molecule has 4 amide bonds. The van der Waals surface area contributed by atoms with Crippen molar-refractivity contribution in [1.82, 2.24) is 20.9 Å². The van der Waals surface area contributed by atoms with Gasteiger partial charge in [-0.25, -0.2) is 4.39 Å². The number of para-hydroxylation sites is 1. The Hall–Kier alpha value is -4.03. The molecule has 2 aromatic carbocycles. The maximum atomic E-state index is 14.2. The van der Waals surface area contributed by atoms with Crippen molar-refractivity contribution in [2.75, 3.05) is 39.5 Å². The Kier molecular flexibility index (Phi) is 9.56. The number of benzene rings is 2. The number of hydrogen-bond acceptors (Lipinski definition) is 7. The van der Waals surface area contributed by atoms with Crippen molar-refractivity contribution < 1.29 is 38.1 Å². The zero-order valence-electron chi connectivity index (χ0n) is 23.9. The topological polar surface area (TPSA) is 146 Å². The van der Waals surface area contributed by atoms with Gasteiger partial charge in [-0.2, -0.15) is 0 Å². The first-order valence-corrected chi connectivity index (χ1v) is 14.6. The van der Waals surface area contributed by atoms with Crippen molar-refractivity contribution >= 4 is 23.6 Å². The van der Waals surface area contributed by atoms with Crippen LogP contribution in [0.5, 0.6) is 5.75 Å². The van der Waals surface area contributed by atoms with Gasteiger partial charge in [0.05, 0.1) is 24.6 Å². The molecule has 0 spiro atoms. The van der Waals surface area contributed by atoms with Crippen LogP contribution in [-0.2, 0) is 24.5 Å². The van der Waals surface area contributed by atoms with E-state index in [9.17, 15) is 28.7 Å². The number of amides is 4. The molecule has 43 heavy (non-hydrogen) atoms. The molecule has 0 aromatic heterocycles. The number of fused-ring (bicyclic) bond motifs is 2. The first-order chi connectivity index (χ1) is 20.8. The maximum Gasteiger partial charge on any atom is 0.255 e. The molecule has 3 aliphatic heterocycles. The van der Waals surface area contributed by atoms with E-state index in [4.69, 9.17) is 9.47 Å². The highest BCUT2D eigenvalue weighted by molar-refractivity contribution is 6.01. The van der Waals surface area contributed by atoms with Gasteiger partial charge in [-0.15, -0.1) is 0 Å². The van der Waals surface area contributed by atoms with E-state index in [2.05, 4.69) is 16.0 Å². The molecule has 3 aliphatic rings. The van der Waals surface area contributed by atoms with Crippen molar-refractivity contribution in [3.05, 3.63) is 65.5 Å². The second-order valence-electron chi connectivity index (χ2n) is 11.3.